The summed E-state index contributed by atoms with van der Waals surface area (Å²) in [5, 5.41) is 9.27. The van der Waals surface area contributed by atoms with Crippen LogP contribution in [0.25, 0.3) is 0 Å². The molecule has 0 fully saturated rings. The molecule has 8 heteroatoms. The summed E-state index contributed by atoms with van der Waals surface area (Å²) < 4.78 is 5.98. The van der Waals surface area contributed by atoms with E-state index in [1.54, 1.807) is 30.3 Å². The maximum atomic E-state index is 8.43. The molecule has 0 spiro atoms. The van der Waals surface area contributed by atoms with Crippen molar-refractivity contribution in [2.24, 2.45) is 0 Å². The predicted molar refractivity (Wildman–Crippen MR) is 109 cm³/mol. The second-order valence-electron chi connectivity index (χ2n) is 5.87. The summed E-state index contributed by atoms with van der Waals surface area (Å²) in [4.78, 5) is 7.96. The molecular formula is C19H17Cl2N5O. The molecule has 0 aliphatic heterocycles. The standard InChI is InChI=1S/C19H17Cl2N5O/c1-10(18-14(20)8-25-9-15(18)21)27-12-3-4-16(22)13(6-12)19(24)11-2-5-17(23)26-7-11/h2-10,24H,22H2,1H3,(H2,23,26)/t10-/m1/s1. The van der Waals surface area contributed by atoms with E-state index in [-0.39, 0.29) is 5.71 Å². The van der Waals surface area contributed by atoms with Crippen LogP contribution >= 0.6 is 23.2 Å². The van der Waals surface area contributed by atoms with Gasteiger partial charge in [0.1, 0.15) is 17.7 Å². The number of aromatic nitrogens is 2. The van der Waals surface area contributed by atoms with Crippen molar-refractivity contribution in [3.8, 4) is 5.75 Å². The molecule has 0 aliphatic rings. The van der Waals surface area contributed by atoms with E-state index in [9.17, 15) is 0 Å². The normalized spacial score (nSPS) is 11.8. The summed E-state index contributed by atoms with van der Waals surface area (Å²) in [7, 11) is 0. The number of nitrogens with zero attached hydrogens (tertiary/aromatic N) is 2. The Morgan fingerprint density at radius 1 is 1.07 bits per heavy atom. The van der Waals surface area contributed by atoms with Crippen molar-refractivity contribution >= 4 is 40.4 Å². The first kappa shape index (κ1) is 18.9. The number of ether oxygens (including phenoxy) is 1. The van der Waals surface area contributed by atoms with Gasteiger partial charge < -0.3 is 16.2 Å². The van der Waals surface area contributed by atoms with Crippen molar-refractivity contribution in [1.82, 2.24) is 9.97 Å². The molecule has 1 atom stereocenters. The van der Waals surface area contributed by atoms with E-state index < -0.39 is 6.10 Å². The molecule has 5 N–H and O–H groups in total. The average molecular weight is 402 g/mol. The third kappa shape index (κ3) is 4.13. The Balaban J connectivity index is 1.89. The first-order valence-corrected chi connectivity index (χ1v) is 8.78. The number of nitrogens with one attached hydrogen (secondary N) is 1. The molecule has 0 amide bonds. The van der Waals surface area contributed by atoms with E-state index >= 15 is 0 Å². The van der Waals surface area contributed by atoms with Crippen LogP contribution in [0.4, 0.5) is 11.5 Å². The van der Waals surface area contributed by atoms with Crippen LogP contribution in [-0.2, 0) is 0 Å². The van der Waals surface area contributed by atoms with Gasteiger partial charge in [0, 0.05) is 41.0 Å². The second kappa shape index (κ2) is 7.82. The Labute approximate surface area is 166 Å². The number of halogens is 2. The summed E-state index contributed by atoms with van der Waals surface area (Å²) in [6.45, 7) is 1.83. The van der Waals surface area contributed by atoms with E-state index in [0.717, 1.165) is 0 Å². The molecular weight excluding hydrogens is 385 g/mol. The van der Waals surface area contributed by atoms with Crippen molar-refractivity contribution in [3.63, 3.8) is 0 Å². The highest BCUT2D eigenvalue weighted by molar-refractivity contribution is 6.35. The van der Waals surface area contributed by atoms with Gasteiger partial charge in [0.25, 0.3) is 0 Å². The first-order valence-electron chi connectivity index (χ1n) is 8.02. The van der Waals surface area contributed by atoms with E-state index in [1.807, 2.05) is 6.92 Å². The monoisotopic (exact) mass is 401 g/mol. The zero-order chi connectivity index (χ0) is 19.6. The number of benzene rings is 1. The number of rotatable bonds is 5. The molecule has 0 saturated heterocycles. The van der Waals surface area contributed by atoms with E-state index in [0.29, 0.717) is 44.0 Å². The average Bonchev–Trinajstić information content (AvgIpc) is 2.63. The van der Waals surface area contributed by atoms with E-state index in [1.165, 1.54) is 18.6 Å². The lowest BCUT2D eigenvalue weighted by atomic mass is 10.0. The van der Waals surface area contributed by atoms with Gasteiger partial charge in [-0.25, -0.2) is 4.98 Å². The van der Waals surface area contributed by atoms with Gasteiger partial charge >= 0.3 is 0 Å². The Morgan fingerprint density at radius 3 is 2.41 bits per heavy atom. The summed E-state index contributed by atoms with van der Waals surface area (Å²) in [5.74, 6) is 0.917. The Hall–Kier alpha value is -2.83. The van der Waals surface area contributed by atoms with Crippen LogP contribution in [0.15, 0.2) is 48.9 Å². The molecule has 27 heavy (non-hydrogen) atoms. The van der Waals surface area contributed by atoms with Crippen molar-refractivity contribution in [3.05, 3.63) is 75.7 Å². The van der Waals surface area contributed by atoms with Gasteiger partial charge in [0.15, 0.2) is 0 Å². The lowest BCUT2D eigenvalue weighted by Crippen LogP contribution is -2.09. The van der Waals surface area contributed by atoms with Crippen LogP contribution in [-0.4, -0.2) is 15.7 Å². The SMILES string of the molecule is C[C@@H](Oc1ccc(N)c(C(=N)c2ccc(N)nc2)c1)c1c(Cl)cncc1Cl. The molecule has 2 aromatic heterocycles. The summed E-state index contributed by atoms with van der Waals surface area (Å²) >= 11 is 12.4. The fourth-order valence-electron chi connectivity index (χ4n) is 2.61. The molecule has 3 aromatic rings. The maximum absolute atomic E-state index is 8.43. The maximum Gasteiger partial charge on any atom is 0.124 e. The minimum absolute atomic E-state index is 0.220. The van der Waals surface area contributed by atoms with Gasteiger partial charge in [-0.2, -0.15) is 0 Å². The number of anilines is 2. The van der Waals surface area contributed by atoms with Crippen molar-refractivity contribution < 1.29 is 4.74 Å². The van der Waals surface area contributed by atoms with Gasteiger partial charge in [0.2, 0.25) is 0 Å². The van der Waals surface area contributed by atoms with Crippen LogP contribution < -0.4 is 16.2 Å². The number of hydrogen-bond acceptors (Lipinski definition) is 6. The molecule has 2 heterocycles. The summed E-state index contributed by atoms with van der Waals surface area (Å²) in [5.41, 5.74) is 14.1. The van der Waals surface area contributed by atoms with Crippen LogP contribution in [0.2, 0.25) is 10.0 Å². The van der Waals surface area contributed by atoms with Gasteiger partial charge in [-0.15, -0.1) is 0 Å². The molecule has 138 valence electrons. The van der Waals surface area contributed by atoms with Gasteiger partial charge in [0.05, 0.1) is 15.8 Å². The minimum atomic E-state index is -0.420. The minimum Gasteiger partial charge on any atom is -0.486 e. The summed E-state index contributed by atoms with van der Waals surface area (Å²) in [6.07, 6.45) is 4.14. The van der Waals surface area contributed by atoms with Crippen LogP contribution in [0.5, 0.6) is 5.75 Å². The van der Waals surface area contributed by atoms with Crippen molar-refractivity contribution in [2.45, 2.75) is 13.0 Å². The Kier molecular flexibility index (Phi) is 5.48. The quantitative estimate of drug-likeness (QED) is 0.430. The third-order valence-corrected chi connectivity index (χ3v) is 4.58. The van der Waals surface area contributed by atoms with Crippen LogP contribution in [0.1, 0.15) is 29.7 Å². The largest absolute Gasteiger partial charge is 0.486 e. The van der Waals surface area contributed by atoms with Crippen molar-refractivity contribution in [1.29, 1.82) is 5.41 Å². The lowest BCUT2D eigenvalue weighted by Gasteiger charge is -2.18. The lowest BCUT2D eigenvalue weighted by molar-refractivity contribution is 0.227. The molecule has 0 unspecified atom stereocenters. The van der Waals surface area contributed by atoms with E-state index in [2.05, 4.69) is 9.97 Å². The highest BCUT2D eigenvalue weighted by atomic mass is 35.5. The number of hydrogen-bond donors (Lipinski definition) is 3. The molecule has 6 nitrogen and oxygen atoms in total. The summed E-state index contributed by atoms with van der Waals surface area (Å²) in [6, 6.07) is 8.47. The fourth-order valence-corrected chi connectivity index (χ4v) is 3.28. The fraction of sp³-hybridized carbons (Fsp3) is 0.105. The number of nitrogens with two attached hydrogens (primary N) is 2. The topological polar surface area (TPSA) is 111 Å². The Bertz CT molecular complexity index is 972. The molecule has 3 rings (SSSR count). The van der Waals surface area contributed by atoms with E-state index in [4.69, 9.17) is 44.8 Å². The first-order chi connectivity index (χ1) is 12.9. The highest BCUT2D eigenvalue weighted by Gasteiger charge is 2.17. The number of nitrogen functional groups attached to an aromatic ring is 2. The predicted octanol–water partition coefficient (Wildman–Crippen LogP) is 4.50. The zero-order valence-electron chi connectivity index (χ0n) is 14.4. The smallest absolute Gasteiger partial charge is 0.124 e. The third-order valence-electron chi connectivity index (χ3n) is 3.98. The number of pyridine rings is 2. The zero-order valence-corrected chi connectivity index (χ0v) is 15.9. The van der Waals surface area contributed by atoms with Gasteiger partial charge in [-0.1, -0.05) is 23.2 Å². The van der Waals surface area contributed by atoms with Crippen LogP contribution in [0, 0.1) is 5.41 Å². The Morgan fingerprint density at radius 2 is 1.78 bits per heavy atom. The molecule has 0 radical (unpaired) electrons. The van der Waals surface area contributed by atoms with Gasteiger partial charge in [-0.05, 0) is 37.3 Å². The molecule has 0 bridgehead atoms. The molecule has 0 aliphatic carbocycles. The van der Waals surface area contributed by atoms with Crippen LogP contribution in [0.3, 0.4) is 0 Å². The highest BCUT2D eigenvalue weighted by Crippen LogP contribution is 2.33. The van der Waals surface area contributed by atoms with Crippen molar-refractivity contribution in [2.75, 3.05) is 11.5 Å². The van der Waals surface area contributed by atoms with Gasteiger partial charge in [-0.3, -0.25) is 10.4 Å². The second-order valence-corrected chi connectivity index (χ2v) is 6.69. The molecule has 1 aromatic carbocycles. The molecule has 0 saturated carbocycles.